The maximum atomic E-state index is 10.7. The van der Waals surface area contributed by atoms with Gasteiger partial charge in [0.1, 0.15) is 11.9 Å². The van der Waals surface area contributed by atoms with E-state index in [1.54, 1.807) is 0 Å². The van der Waals surface area contributed by atoms with Gasteiger partial charge in [0.25, 0.3) is 11.6 Å². The second-order valence-electron chi connectivity index (χ2n) is 2.10. The van der Waals surface area contributed by atoms with Crippen LogP contribution in [0.1, 0.15) is 10.5 Å². The van der Waals surface area contributed by atoms with Crippen molar-refractivity contribution in [2.45, 2.75) is 0 Å². The van der Waals surface area contributed by atoms with E-state index in [1.807, 2.05) is 0 Å². The molecule has 0 aliphatic carbocycles. The first-order valence-corrected chi connectivity index (χ1v) is 3.20. The molecule has 2 N–H and O–H groups in total. The van der Waals surface area contributed by atoms with Gasteiger partial charge < -0.3 is 0 Å². The zero-order chi connectivity index (χ0) is 9.84. The molecule has 1 aromatic rings. The second-order valence-corrected chi connectivity index (χ2v) is 2.10. The lowest BCUT2D eigenvalue weighted by Crippen LogP contribution is -2.19. The van der Waals surface area contributed by atoms with Crippen LogP contribution in [0.2, 0.25) is 0 Å². The van der Waals surface area contributed by atoms with Crippen molar-refractivity contribution in [3.63, 3.8) is 0 Å². The Morgan fingerprint density at radius 3 is 2.69 bits per heavy atom. The number of carbonyl (C=O) groups excluding carboxylic acids is 1. The van der Waals surface area contributed by atoms with E-state index in [0.29, 0.717) is 0 Å². The van der Waals surface area contributed by atoms with Crippen molar-refractivity contribution in [1.29, 1.82) is 0 Å². The number of amides is 1. The number of aromatic nitrogens is 1. The number of hydrogen-bond donors (Lipinski definition) is 2. The molecule has 7 nitrogen and oxygen atoms in total. The Morgan fingerprint density at radius 1 is 1.62 bits per heavy atom. The normalized spacial score (nSPS) is 9.31. The van der Waals surface area contributed by atoms with Crippen molar-refractivity contribution < 1.29 is 14.9 Å². The van der Waals surface area contributed by atoms with Gasteiger partial charge >= 0.3 is 0 Å². The van der Waals surface area contributed by atoms with Gasteiger partial charge in [0, 0.05) is 6.07 Å². The van der Waals surface area contributed by atoms with Crippen molar-refractivity contribution in [2.75, 3.05) is 0 Å². The molecule has 0 fully saturated rings. The Morgan fingerprint density at radius 2 is 2.31 bits per heavy atom. The van der Waals surface area contributed by atoms with Gasteiger partial charge in [-0.1, -0.05) is 0 Å². The third kappa shape index (κ3) is 1.97. The van der Waals surface area contributed by atoms with Gasteiger partial charge in [-0.15, -0.1) is 0 Å². The highest BCUT2D eigenvalue weighted by atomic mass is 16.6. The molecule has 0 radical (unpaired) electrons. The topological polar surface area (TPSA) is 105 Å². The summed E-state index contributed by atoms with van der Waals surface area (Å²) in [6.45, 7) is 0. The molecule has 1 rings (SSSR count). The molecule has 0 saturated heterocycles. The van der Waals surface area contributed by atoms with Gasteiger partial charge in [-0.05, 0) is 6.07 Å². The van der Waals surface area contributed by atoms with Crippen LogP contribution in [0.5, 0.6) is 0 Å². The smallest absolute Gasteiger partial charge is 0.288 e. The minimum Gasteiger partial charge on any atom is -0.288 e. The zero-order valence-electron chi connectivity index (χ0n) is 6.30. The standard InChI is InChI=1S/C6H5N3O4/c10-6(8-11)5-2-1-4(3-7-5)9(12)13/h1-3,11H,(H,8,10). The summed E-state index contributed by atoms with van der Waals surface area (Å²) in [4.78, 5) is 23.7. The minimum absolute atomic E-state index is 0.0897. The molecule has 0 unspecified atom stereocenters. The van der Waals surface area contributed by atoms with E-state index in [1.165, 1.54) is 5.48 Å². The van der Waals surface area contributed by atoms with Crippen LogP contribution in [-0.4, -0.2) is 21.0 Å². The SMILES string of the molecule is O=C(NO)c1ccc([N+](=O)[O-])cn1. The Labute approximate surface area is 72.1 Å². The van der Waals surface area contributed by atoms with Gasteiger partial charge in [-0.3, -0.25) is 20.1 Å². The summed E-state index contributed by atoms with van der Waals surface area (Å²) in [6, 6.07) is 2.27. The van der Waals surface area contributed by atoms with Crippen molar-refractivity contribution in [2.24, 2.45) is 0 Å². The summed E-state index contributed by atoms with van der Waals surface area (Å²) in [6.07, 6.45) is 0.935. The molecule has 13 heavy (non-hydrogen) atoms. The fourth-order valence-electron chi connectivity index (χ4n) is 0.686. The number of hydrogen-bond acceptors (Lipinski definition) is 5. The quantitative estimate of drug-likeness (QED) is 0.384. The molecule has 1 amide bonds. The highest BCUT2D eigenvalue weighted by Crippen LogP contribution is 2.08. The van der Waals surface area contributed by atoms with Gasteiger partial charge in [0.15, 0.2) is 0 Å². The molecule has 7 heteroatoms. The second kappa shape index (κ2) is 3.59. The first-order valence-electron chi connectivity index (χ1n) is 3.20. The highest BCUT2D eigenvalue weighted by Gasteiger charge is 2.09. The lowest BCUT2D eigenvalue weighted by Gasteiger charge is -1.95. The summed E-state index contributed by atoms with van der Waals surface area (Å²) in [7, 11) is 0. The number of carbonyl (C=O) groups is 1. The van der Waals surface area contributed by atoms with E-state index >= 15 is 0 Å². The summed E-state index contributed by atoms with van der Waals surface area (Å²) in [5.41, 5.74) is 1.06. The molecule has 0 atom stereocenters. The average molecular weight is 183 g/mol. The zero-order valence-corrected chi connectivity index (χ0v) is 6.30. The number of rotatable bonds is 2. The number of nitrogens with one attached hydrogen (secondary N) is 1. The van der Waals surface area contributed by atoms with Crippen molar-refractivity contribution >= 4 is 11.6 Å². The van der Waals surface area contributed by atoms with Crippen LogP contribution >= 0.6 is 0 Å². The van der Waals surface area contributed by atoms with Gasteiger partial charge in [0.2, 0.25) is 0 Å². The lowest BCUT2D eigenvalue weighted by atomic mass is 10.3. The van der Waals surface area contributed by atoms with Crippen molar-refractivity contribution in [3.05, 3.63) is 34.1 Å². The summed E-state index contributed by atoms with van der Waals surface area (Å²) in [5, 5.41) is 18.4. The van der Waals surface area contributed by atoms with Crippen LogP contribution in [0.25, 0.3) is 0 Å². The van der Waals surface area contributed by atoms with E-state index in [0.717, 1.165) is 18.3 Å². The third-order valence-electron chi connectivity index (χ3n) is 1.29. The molecule has 0 saturated carbocycles. The Bertz CT molecular complexity index is 334. The molecule has 68 valence electrons. The predicted molar refractivity (Wildman–Crippen MR) is 40.1 cm³/mol. The lowest BCUT2D eigenvalue weighted by molar-refractivity contribution is -0.385. The van der Waals surface area contributed by atoms with Crippen molar-refractivity contribution in [1.82, 2.24) is 10.5 Å². The molecular formula is C6H5N3O4. The molecular weight excluding hydrogens is 178 g/mol. The molecule has 1 heterocycles. The largest absolute Gasteiger partial charge is 0.293 e. The maximum absolute atomic E-state index is 10.7. The predicted octanol–water partition coefficient (Wildman–Crippen LogP) is 0.109. The molecule has 0 aromatic carbocycles. The van der Waals surface area contributed by atoms with E-state index < -0.39 is 10.8 Å². The number of nitrogens with zero attached hydrogens (tertiary/aromatic N) is 2. The molecule has 0 aliphatic rings. The van der Waals surface area contributed by atoms with Gasteiger partial charge in [0.05, 0.1) is 4.92 Å². The Hall–Kier alpha value is -2.02. The van der Waals surface area contributed by atoms with Crippen molar-refractivity contribution in [3.8, 4) is 0 Å². The average Bonchev–Trinajstić information content (AvgIpc) is 2.17. The molecule has 0 bridgehead atoms. The summed E-state index contributed by atoms with van der Waals surface area (Å²) in [5.74, 6) is -0.810. The van der Waals surface area contributed by atoms with Crippen LogP contribution in [0.4, 0.5) is 5.69 Å². The van der Waals surface area contributed by atoms with Crippen LogP contribution in [0.3, 0.4) is 0 Å². The van der Waals surface area contributed by atoms with Gasteiger partial charge in [-0.2, -0.15) is 0 Å². The Balaban J connectivity index is 2.93. The monoisotopic (exact) mass is 183 g/mol. The van der Waals surface area contributed by atoms with E-state index in [4.69, 9.17) is 5.21 Å². The number of hydroxylamine groups is 1. The van der Waals surface area contributed by atoms with Crippen LogP contribution < -0.4 is 5.48 Å². The minimum atomic E-state index is -0.810. The molecule has 1 aromatic heterocycles. The van der Waals surface area contributed by atoms with Gasteiger partial charge in [-0.25, -0.2) is 10.5 Å². The van der Waals surface area contributed by atoms with Crippen LogP contribution in [-0.2, 0) is 0 Å². The van der Waals surface area contributed by atoms with E-state index in [2.05, 4.69) is 4.98 Å². The summed E-state index contributed by atoms with van der Waals surface area (Å²) < 4.78 is 0. The molecule has 0 spiro atoms. The fraction of sp³-hybridized carbons (Fsp3) is 0. The van der Waals surface area contributed by atoms with Crippen LogP contribution in [0.15, 0.2) is 18.3 Å². The summed E-state index contributed by atoms with van der Waals surface area (Å²) >= 11 is 0. The number of pyridine rings is 1. The number of nitro groups is 1. The fourth-order valence-corrected chi connectivity index (χ4v) is 0.686. The highest BCUT2D eigenvalue weighted by molar-refractivity contribution is 5.91. The van der Waals surface area contributed by atoms with E-state index in [9.17, 15) is 14.9 Å². The first-order chi connectivity index (χ1) is 6.15. The Kier molecular flexibility index (Phi) is 2.50. The molecule has 0 aliphatic heterocycles. The first kappa shape index (κ1) is 9.07. The third-order valence-corrected chi connectivity index (χ3v) is 1.29. The van der Waals surface area contributed by atoms with E-state index in [-0.39, 0.29) is 11.4 Å². The van der Waals surface area contributed by atoms with Crippen LogP contribution in [0, 0.1) is 10.1 Å². The maximum Gasteiger partial charge on any atom is 0.293 e.